The first kappa shape index (κ1) is 21.1. The summed E-state index contributed by atoms with van der Waals surface area (Å²) in [6.45, 7) is 4.11. The number of nitrogens with one attached hydrogen (secondary N) is 1. The predicted molar refractivity (Wildman–Crippen MR) is 124 cm³/mol. The van der Waals surface area contributed by atoms with Crippen molar-refractivity contribution in [2.75, 3.05) is 17.3 Å². The smallest absolute Gasteiger partial charge is 0.257 e. The van der Waals surface area contributed by atoms with Crippen LogP contribution >= 0.6 is 11.3 Å². The Morgan fingerprint density at radius 1 is 1.26 bits per heavy atom. The Morgan fingerprint density at radius 3 is 2.87 bits per heavy atom. The van der Waals surface area contributed by atoms with E-state index < -0.39 is 0 Å². The molecule has 4 rings (SSSR count). The second-order valence-corrected chi connectivity index (χ2v) is 8.49. The maximum atomic E-state index is 12.5. The summed E-state index contributed by atoms with van der Waals surface area (Å²) >= 11 is 1.38. The topological polar surface area (TPSA) is 71.5 Å². The van der Waals surface area contributed by atoms with Crippen LogP contribution in [0.25, 0.3) is 11.3 Å². The largest absolute Gasteiger partial charge is 0.497 e. The molecule has 3 aromatic rings. The fourth-order valence-electron chi connectivity index (χ4n) is 3.90. The number of methoxy groups -OCH3 is 1. The average Bonchev–Trinajstić information content (AvgIpc) is 3.36. The van der Waals surface area contributed by atoms with Crippen molar-refractivity contribution in [3.8, 4) is 17.0 Å². The van der Waals surface area contributed by atoms with Crippen molar-refractivity contribution in [3.05, 3.63) is 59.0 Å². The van der Waals surface area contributed by atoms with Crippen molar-refractivity contribution in [3.63, 3.8) is 0 Å². The Bertz CT molecular complexity index is 1120. The molecule has 0 aliphatic carbocycles. The second kappa shape index (κ2) is 8.89. The number of hydrogen-bond donors (Lipinski definition) is 1. The van der Waals surface area contributed by atoms with Crippen LogP contribution in [0.3, 0.4) is 0 Å². The molecule has 160 valence electrons. The van der Waals surface area contributed by atoms with Gasteiger partial charge in [-0.15, -0.1) is 11.3 Å². The number of carbonyl (C=O) groups excluding carboxylic acids is 2. The Kier molecular flexibility index (Phi) is 6.04. The van der Waals surface area contributed by atoms with Crippen LogP contribution in [0.5, 0.6) is 5.75 Å². The summed E-state index contributed by atoms with van der Waals surface area (Å²) in [5.74, 6) is 0.580. The SMILES string of the molecule is CCCC(=O)N1c2ccc(-c3csc(NC(=O)c4cccc(OC)c4)n3)cc2CC1C. The highest BCUT2D eigenvalue weighted by Crippen LogP contribution is 2.36. The van der Waals surface area contributed by atoms with Crippen LogP contribution in [-0.2, 0) is 11.2 Å². The quantitative estimate of drug-likeness (QED) is 0.581. The van der Waals surface area contributed by atoms with Gasteiger partial charge in [-0.25, -0.2) is 4.98 Å². The molecule has 7 heteroatoms. The summed E-state index contributed by atoms with van der Waals surface area (Å²) < 4.78 is 5.18. The number of carbonyl (C=O) groups is 2. The summed E-state index contributed by atoms with van der Waals surface area (Å²) in [5.41, 5.74) is 4.45. The van der Waals surface area contributed by atoms with Gasteiger partial charge in [0.25, 0.3) is 5.91 Å². The zero-order chi connectivity index (χ0) is 22.0. The number of anilines is 2. The van der Waals surface area contributed by atoms with E-state index in [1.807, 2.05) is 29.3 Å². The number of rotatable bonds is 6. The number of thiazole rings is 1. The molecular formula is C24H25N3O3S. The molecule has 0 saturated heterocycles. The van der Waals surface area contributed by atoms with E-state index in [2.05, 4.69) is 23.3 Å². The lowest BCUT2D eigenvalue weighted by atomic mass is 10.1. The van der Waals surface area contributed by atoms with E-state index in [9.17, 15) is 9.59 Å². The molecular weight excluding hydrogens is 410 g/mol. The highest BCUT2D eigenvalue weighted by molar-refractivity contribution is 7.14. The van der Waals surface area contributed by atoms with Crippen LogP contribution < -0.4 is 15.0 Å². The fraction of sp³-hybridized carbons (Fsp3) is 0.292. The van der Waals surface area contributed by atoms with E-state index in [-0.39, 0.29) is 17.9 Å². The monoisotopic (exact) mass is 435 g/mol. The molecule has 0 fully saturated rings. The van der Waals surface area contributed by atoms with Crippen LogP contribution in [0.2, 0.25) is 0 Å². The van der Waals surface area contributed by atoms with Crippen molar-refractivity contribution < 1.29 is 14.3 Å². The Balaban J connectivity index is 1.51. The van der Waals surface area contributed by atoms with Crippen molar-refractivity contribution in [1.29, 1.82) is 0 Å². The van der Waals surface area contributed by atoms with Gasteiger partial charge in [-0.1, -0.05) is 19.1 Å². The highest BCUT2D eigenvalue weighted by atomic mass is 32.1. The minimum Gasteiger partial charge on any atom is -0.497 e. The zero-order valence-corrected chi connectivity index (χ0v) is 18.7. The summed E-state index contributed by atoms with van der Waals surface area (Å²) in [7, 11) is 1.57. The lowest BCUT2D eigenvalue weighted by Crippen LogP contribution is -2.35. The maximum absolute atomic E-state index is 12.5. The third-order valence-electron chi connectivity index (χ3n) is 5.38. The first-order valence-electron chi connectivity index (χ1n) is 10.4. The number of ether oxygens (including phenoxy) is 1. The minimum atomic E-state index is -0.229. The van der Waals surface area contributed by atoms with Crippen LogP contribution in [0.4, 0.5) is 10.8 Å². The molecule has 0 bridgehead atoms. The van der Waals surface area contributed by atoms with E-state index >= 15 is 0 Å². The van der Waals surface area contributed by atoms with Crippen molar-refractivity contribution >= 4 is 34.0 Å². The molecule has 1 aliphatic heterocycles. The summed E-state index contributed by atoms with van der Waals surface area (Å²) in [4.78, 5) is 31.5. The fourth-order valence-corrected chi connectivity index (χ4v) is 4.62. The lowest BCUT2D eigenvalue weighted by Gasteiger charge is -2.22. The molecule has 1 atom stereocenters. The first-order chi connectivity index (χ1) is 15.0. The number of fused-ring (bicyclic) bond motifs is 1. The van der Waals surface area contributed by atoms with Gasteiger partial charge in [0, 0.05) is 34.7 Å². The Morgan fingerprint density at radius 2 is 2.10 bits per heavy atom. The Labute approximate surface area is 185 Å². The molecule has 31 heavy (non-hydrogen) atoms. The van der Waals surface area contributed by atoms with Gasteiger partial charge in [-0.3, -0.25) is 14.9 Å². The molecule has 1 aromatic heterocycles. The second-order valence-electron chi connectivity index (χ2n) is 7.63. The van der Waals surface area contributed by atoms with Gasteiger partial charge in [0.2, 0.25) is 5.91 Å². The third-order valence-corrected chi connectivity index (χ3v) is 6.14. The third kappa shape index (κ3) is 4.32. The normalized spacial score (nSPS) is 14.9. The molecule has 0 spiro atoms. The van der Waals surface area contributed by atoms with Crippen molar-refractivity contribution in [2.45, 2.75) is 39.2 Å². The van der Waals surface area contributed by atoms with E-state index in [0.717, 1.165) is 35.3 Å². The molecule has 1 unspecified atom stereocenters. The lowest BCUT2D eigenvalue weighted by molar-refractivity contribution is -0.118. The molecule has 2 amide bonds. The van der Waals surface area contributed by atoms with Gasteiger partial charge in [-0.2, -0.15) is 0 Å². The van der Waals surface area contributed by atoms with Gasteiger partial charge in [0.05, 0.1) is 12.8 Å². The molecule has 2 heterocycles. The summed E-state index contributed by atoms with van der Waals surface area (Å²) in [6.07, 6.45) is 2.24. The number of benzene rings is 2. The molecule has 0 saturated carbocycles. The summed E-state index contributed by atoms with van der Waals surface area (Å²) in [5, 5.41) is 5.33. The van der Waals surface area contributed by atoms with E-state index in [1.54, 1.807) is 31.4 Å². The number of amides is 2. The molecule has 1 N–H and O–H groups in total. The van der Waals surface area contributed by atoms with Gasteiger partial charge < -0.3 is 9.64 Å². The number of nitrogens with zero attached hydrogens (tertiary/aromatic N) is 2. The first-order valence-corrected chi connectivity index (χ1v) is 11.2. The van der Waals surface area contributed by atoms with E-state index in [1.165, 1.54) is 11.3 Å². The van der Waals surface area contributed by atoms with Crippen molar-refractivity contribution in [1.82, 2.24) is 4.98 Å². The van der Waals surface area contributed by atoms with E-state index in [4.69, 9.17) is 4.74 Å². The van der Waals surface area contributed by atoms with E-state index in [0.29, 0.717) is 22.9 Å². The van der Waals surface area contributed by atoms with Gasteiger partial charge >= 0.3 is 0 Å². The van der Waals surface area contributed by atoms with Gasteiger partial charge in [-0.05, 0) is 55.7 Å². The number of aromatic nitrogens is 1. The van der Waals surface area contributed by atoms with Gasteiger partial charge in [0.1, 0.15) is 5.75 Å². The maximum Gasteiger partial charge on any atom is 0.257 e. The Hall–Kier alpha value is -3.19. The van der Waals surface area contributed by atoms with Crippen LogP contribution in [-0.4, -0.2) is 29.9 Å². The average molecular weight is 436 g/mol. The molecule has 1 aliphatic rings. The number of hydrogen-bond acceptors (Lipinski definition) is 5. The van der Waals surface area contributed by atoms with Crippen LogP contribution in [0.15, 0.2) is 47.8 Å². The summed E-state index contributed by atoms with van der Waals surface area (Å²) in [6, 6.07) is 13.3. The molecule has 0 radical (unpaired) electrons. The van der Waals surface area contributed by atoms with Crippen LogP contribution in [0.1, 0.15) is 42.6 Å². The minimum absolute atomic E-state index is 0.164. The zero-order valence-electron chi connectivity index (χ0n) is 17.8. The predicted octanol–water partition coefficient (Wildman–Crippen LogP) is 5.15. The van der Waals surface area contributed by atoms with Crippen LogP contribution in [0, 0.1) is 0 Å². The highest BCUT2D eigenvalue weighted by Gasteiger charge is 2.30. The standard InChI is InChI=1S/C24H25N3O3S/c1-4-6-22(28)27-15(2)11-18-12-16(9-10-21(18)27)20-14-31-24(25-20)26-23(29)17-7-5-8-19(13-17)30-3/h5,7-10,12-15H,4,6,11H2,1-3H3,(H,25,26,29). The molecule has 2 aromatic carbocycles. The van der Waals surface area contributed by atoms with Crippen molar-refractivity contribution in [2.24, 2.45) is 0 Å². The van der Waals surface area contributed by atoms with Gasteiger partial charge in [0.15, 0.2) is 5.13 Å². The molecule has 6 nitrogen and oxygen atoms in total.